The van der Waals surface area contributed by atoms with Crippen molar-refractivity contribution in [1.29, 1.82) is 0 Å². The zero-order valence-electron chi connectivity index (χ0n) is 16.4. The Bertz CT molecular complexity index is 759. The van der Waals surface area contributed by atoms with E-state index < -0.39 is 22.0 Å². The number of carboxylic acid groups (broad SMARTS) is 1. The molecule has 1 saturated heterocycles. The molecule has 2 rings (SSSR count). The lowest BCUT2D eigenvalue weighted by atomic mass is 9.91. The van der Waals surface area contributed by atoms with Crippen LogP contribution in [0.4, 0.5) is 4.79 Å². The summed E-state index contributed by atoms with van der Waals surface area (Å²) in [7, 11) is -0.319. The molecule has 0 saturated carbocycles. The van der Waals surface area contributed by atoms with Crippen LogP contribution >= 0.6 is 0 Å². The van der Waals surface area contributed by atoms with Crippen molar-refractivity contribution in [2.75, 3.05) is 27.2 Å². The third-order valence-corrected chi connectivity index (χ3v) is 6.31. The van der Waals surface area contributed by atoms with E-state index in [0.29, 0.717) is 25.1 Å². The lowest BCUT2D eigenvalue weighted by Crippen LogP contribution is -2.44. The van der Waals surface area contributed by atoms with Crippen molar-refractivity contribution >= 4 is 22.0 Å². The molecular formula is C19H29N3O5S. The maximum atomic E-state index is 12.3. The minimum atomic E-state index is -3.75. The second kappa shape index (κ2) is 9.88. The van der Waals surface area contributed by atoms with E-state index in [1.807, 2.05) is 0 Å². The van der Waals surface area contributed by atoms with Gasteiger partial charge in [-0.2, -0.15) is 0 Å². The van der Waals surface area contributed by atoms with Gasteiger partial charge in [-0.1, -0.05) is 30.3 Å². The van der Waals surface area contributed by atoms with Crippen LogP contribution in [0.15, 0.2) is 30.3 Å². The summed E-state index contributed by atoms with van der Waals surface area (Å²) >= 11 is 0. The monoisotopic (exact) mass is 411 g/mol. The van der Waals surface area contributed by atoms with Crippen molar-refractivity contribution in [1.82, 2.24) is 14.5 Å². The Morgan fingerprint density at radius 1 is 1.21 bits per heavy atom. The van der Waals surface area contributed by atoms with Gasteiger partial charge in [-0.25, -0.2) is 17.9 Å². The van der Waals surface area contributed by atoms with Crippen LogP contribution in [0, 0.1) is 5.92 Å². The fourth-order valence-electron chi connectivity index (χ4n) is 3.38. The molecule has 0 aliphatic carbocycles. The number of piperidine rings is 1. The molecule has 1 fully saturated rings. The number of carboxylic acids is 1. The molecule has 0 aromatic heterocycles. The predicted octanol–water partition coefficient (Wildman–Crippen LogP) is 1.73. The highest BCUT2D eigenvalue weighted by Crippen LogP contribution is 2.23. The van der Waals surface area contributed by atoms with E-state index in [1.165, 1.54) is 0 Å². The first-order valence-electron chi connectivity index (χ1n) is 9.41. The van der Waals surface area contributed by atoms with Crippen LogP contribution in [-0.2, 0) is 20.6 Å². The largest absolute Gasteiger partial charge is 0.480 e. The molecule has 1 aromatic rings. The highest BCUT2D eigenvalue weighted by Gasteiger charge is 2.28. The molecule has 156 valence electrons. The van der Waals surface area contributed by atoms with Gasteiger partial charge in [0.25, 0.3) is 0 Å². The molecule has 0 spiro atoms. The number of nitrogens with zero attached hydrogens (tertiary/aromatic N) is 2. The molecule has 0 bridgehead atoms. The molecule has 0 radical (unpaired) electrons. The number of hydrogen-bond acceptors (Lipinski definition) is 4. The van der Waals surface area contributed by atoms with Gasteiger partial charge in [0.15, 0.2) is 0 Å². The Labute approximate surface area is 166 Å². The number of nitrogens with one attached hydrogen (secondary N) is 1. The van der Waals surface area contributed by atoms with Crippen LogP contribution in [-0.4, -0.2) is 68.6 Å². The first-order valence-corrected chi connectivity index (χ1v) is 11.1. The zero-order chi connectivity index (χ0) is 20.7. The molecule has 28 heavy (non-hydrogen) atoms. The van der Waals surface area contributed by atoms with Crippen LogP contribution in [0.2, 0.25) is 0 Å². The maximum Gasteiger partial charge on any atom is 0.321 e. The van der Waals surface area contributed by atoms with Gasteiger partial charge in [-0.15, -0.1) is 0 Å². The Balaban J connectivity index is 1.85. The van der Waals surface area contributed by atoms with Crippen molar-refractivity contribution in [2.45, 2.75) is 37.5 Å². The van der Waals surface area contributed by atoms with E-state index in [0.717, 1.165) is 12.8 Å². The summed E-state index contributed by atoms with van der Waals surface area (Å²) in [5.74, 6) is -1.13. The summed E-state index contributed by atoms with van der Waals surface area (Å²) in [6, 6.07) is 7.50. The van der Waals surface area contributed by atoms with Gasteiger partial charge in [0.05, 0.1) is 5.75 Å². The van der Waals surface area contributed by atoms with Gasteiger partial charge in [0.1, 0.15) is 6.04 Å². The lowest BCUT2D eigenvalue weighted by molar-refractivity contribution is -0.139. The Morgan fingerprint density at radius 3 is 2.36 bits per heavy atom. The summed E-state index contributed by atoms with van der Waals surface area (Å²) in [4.78, 5) is 26.8. The molecule has 1 aliphatic heterocycles. The van der Waals surface area contributed by atoms with Crippen molar-refractivity contribution in [3.05, 3.63) is 35.9 Å². The SMILES string of the molecule is CN(C)C(=O)N1CCC(CC[C@@H](NS(=O)(=O)Cc2ccccc2)C(=O)O)CC1. The van der Waals surface area contributed by atoms with Crippen molar-refractivity contribution in [3.63, 3.8) is 0 Å². The van der Waals surface area contributed by atoms with Gasteiger partial charge >= 0.3 is 12.0 Å². The number of carbonyl (C=O) groups is 2. The van der Waals surface area contributed by atoms with Crippen molar-refractivity contribution < 1.29 is 23.1 Å². The third kappa shape index (κ3) is 6.79. The van der Waals surface area contributed by atoms with E-state index in [-0.39, 0.29) is 24.1 Å². The molecule has 2 amide bonds. The average molecular weight is 412 g/mol. The smallest absolute Gasteiger partial charge is 0.321 e. The number of hydrogen-bond donors (Lipinski definition) is 2. The van der Waals surface area contributed by atoms with Crippen LogP contribution in [0.1, 0.15) is 31.2 Å². The van der Waals surface area contributed by atoms with Gasteiger partial charge in [-0.3, -0.25) is 4.79 Å². The minimum Gasteiger partial charge on any atom is -0.480 e. The molecule has 1 aliphatic rings. The van der Waals surface area contributed by atoms with E-state index in [9.17, 15) is 23.1 Å². The number of benzene rings is 1. The number of sulfonamides is 1. The predicted molar refractivity (Wildman–Crippen MR) is 106 cm³/mol. The molecule has 1 atom stereocenters. The quantitative estimate of drug-likeness (QED) is 0.677. The Hall–Kier alpha value is -2.13. The number of amides is 2. The molecule has 1 heterocycles. The Morgan fingerprint density at radius 2 is 1.82 bits per heavy atom. The van der Waals surface area contributed by atoms with Gasteiger partial charge < -0.3 is 14.9 Å². The second-order valence-electron chi connectivity index (χ2n) is 7.44. The van der Waals surface area contributed by atoms with E-state index in [1.54, 1.807) is 54.2 Å². The number of likely N-dealkylation sites (tertiary alicyclic amines) is 1. The maximum absolute atomic E-state index is 12.3. The highest BCUT2D eigenvalue weighted by molar-refractivity contribution is 7.88. The normalized spacial score (nSPS) is 16.6. The number of aliphatic carboxylic acids is 1. The lowest BCUT2D eigenvalue weighted by Gasteiger charge is -2.34. The number of rotatable bonds is 8. The molecule has 9 heteroatoms. The van der Waals surface area contributed by atoms with Crippen LogP contribution in [0.5, 0.6) is 0 Å². The summed E-state index contributed by atoms with van der Waals surface area (Å²) < 4.78 is 27.0. The molecule has 8 nitrogen and oxygen atoms in total. The average Bonchev–Trinajstić information content (AvgIpc) is 2.65. The fourth-order valence-corrected chi connectivity index (χ4v) is 4.75. The van der Waals surface area contributed by atoms with Crippen molar-refractivity contribution in [3.8, 4) is 0 Å². The summed E-state index contributed by atoms with van der Waals surface area (Å²) in [6.45, 7) is 1.28. The third-order valence-electron chi connectivity index (χ3n) is 4.95. The van der Waals surface area contributed by atoms with Crippen LogP contribution < -0.4 is 4.72 Å². The molecule has 2 N–H and O–H groups in total. The van der Waals surface area contributed by atoms with Crippen molar-refractivity contribution in [2.24, 2.45) is 5.92 Å². The number of carbonyl (C=O) groups excluding carboxylic acids is 1. The fraction of sp³-hybridized carbons (Fsp3) is 0.579. The minimum absolute atomic E-state index is 0.0180. The highest BCUT2D eigenvalue weighted by atomic mass is 32.2. The second-order valence-corrected chi connectivity index (χ2v) is 9.19. The van der Waals surface area contributed by atoms with Gasteiger partial charge in [-0.05, 0) is 37.2 Å². The molecule has 0 unspecified atom stereocenters. The summed E-state index contributed by atoms with van der Waals surface area (Å²) in [6.07, 6.45) is 2.43. The van der Waals surface area contributed by atoms with E-state index in [2.05, 4.69) is 4.72 Å². The molecular weight excluding hydrogens is 382 g/mol. The standard InChI is InChI=1S/C19H29N3O5S/c1-21(2)19(25)22-12-10-15(11-13-22)8-9-17(18(23)24)20-28(26,27)14-16-6-4-3-5-7-16/h3-7,15,17,20H,8-14H2,1-2H3,(H,23,24)/t17-/m1/s1. The Kier molecular flexibility index (Phi) is 7.82. The number of urea groups is 1. The summed E-state index contributed by atoms with van der Waals surface area (Å²) in [5, 5.41) is 9.42. The van der Waals surface area contributed by atoms with Crippen LogP contribution in [0.25, 0.3) is 0 Å². The summed E-state index contributed by atoms with van der Waals surface area (Å²) in [5.41, 5.74) is 0.608. The molecule has 1 aromatic carbocycles. The topological polar surface area (TPSA) is 107 Å². The first-order chi connectivity index (χ1) is 13.2. The van der Waals surface area contributed by atoms with Gasteiger partial charge in [0.2, 0.25) is 10.0 Å². The zero-order valence-corrected chi connectivity index (χ0v) is 17.2. The van der Waals surface area contributed by atoms with E-state index >= 15 is 0 Å². The van der Waals surface area contributed by atoms with Gasteiger partial charge in [0, 0.05) is 27.2 Å². The van der Waals surface area contributed by atoms with E-state index in [4.69, 9.17) is 0 Å². The first kappa shape index (κ1) is 22.2. The van der Waals surface area contributed by atoms with Crippen LogP contribution in [0.3, 0.4) is 0 Å².